The molecule has 0 fully saturated rings. The summed E-state index contributed by atoms with van der Waals surface area (Å²) in [7, 11) is -0.464. The number of benzene rings is 1. The molecule has 0 bridgehead atoms. The van der Waals surface area contributed by atoms with Crippen LogP contribution in [0.4, 0.5) is 4.39 Å². The molecule has 3 nitrogen and oxygen atoms in total. The SMILES string of the molecule is CCCCC(C(=O)OC)S(=O)c1ccccc1F. The lowest BCUT2D eigenvalue weighted by Gasteiger charge is -2.14. The zero-order valence-corrected chi connectivity index (χ0v) is 11.3. The molecule has 0 aliphatic carbocycles. The van der Waals surface area contributed by atoms with Crippen molar-refractivity contribution in [3.05, 3.63) is 30.1 Å². The van der Waals surface area contributed by atoms with E-state index in [-0.39, 0.29) is 4.90 Å². The molecule has 2 unspecified atom stereocenters. The lowest BCUT2D eigenvalue weighted by molar-refractivity contribution is -0.140. The minimum Gasteiger partial charge on any atom is -0.468 e. The summed E-state index contributed by atoms with van der Waals surface area (Å²) in [6, 6.07) is 5.80. The van der Waals surface area contributed by atoms with Gasteiger partial charge in [-0.25, -0.2) is 4.39 Å². The van der Waals surface area contributed by atoms with E-state index in [1.807, 2.05) is 6.92 Å². The smallest absolute Gasteiger partial charge is 0.321 e. The largest absolute Gasteiger partial charge is 0.468 e. The summed E-state index contributed by atoms with van der Waals surface area (Å²) >= 11 is 0. The molecule has 2 atom stereocenters. The Morgan fingerprint density at radius 2 is 2.11 bits per heavy atom. The molecule has 1 aromatic rings. The predicted octanol–water partition coefficient (Wildman–Crippen LogP) is 2.67. The van der Waals surface area contributed by atoms with E-state index in [0.29, 0.717) is 6.42 Å². The standard InChI is InChI=1S/C13H17FO3S/c1-3-4-8-12(13(15)17-2)18(16)11-9-6-5-7-10(11)14/h5-7,9,12H,3-4,8H2,1-2H3. The second-order valence-electron chi connectivity index (χ2n) is 3.88. The summed E-state index contributed by atoms with van der Waals surface area (Å²) in [5.74, 6) is -1.11. The number of halogens is 1. The van der Waals surface area contributed by atoms with Gasteiger partial charge in [-0.1, -0.05) is 31.9 Å². The molecule has 0 aromatic heterocycles. The van der Waals surface area contributed by atoms with Crippen LogP contribution in [0.1, 0.15) is 26.2 Å². The molecule has 100 valence electrons. The maximum atomic E-state index is 13.5. The highest BCUT2D eigenvalue weighted by Gasteiger charge is 2.28. The quantitative estimate of drug-likeness (QED) is 0.748. The van der Waals surface area contributed by atoms with E-state index in [4.69, 9.17) is 0 Å². The van der Waals surface area contributed by atoms with Gasteiger partial charge < -0.3 is 4.74 Å². The fourth-order valence-electron chi connectivity index (χ4n) is 1.59. The monoisotopic (exact) mass is 272 g/mol. The Morgan fingerprint density at radius 3 is 2.67 bits per heavy atom. The Hall–Kier alpha value is -1.23. The van der Waals surface area contributed by atoms with Gasteiger partial charge in [-0.05, 0) is 18.6 Å². The molecular formula is C13H17FO3S. The van der Waals surface area contributed by atoms with Crippen LogP contribution in [0.5, 0.6) is 0 Å². The molecule has 1 rings (SSSR count). The van der Waals surface area contributed by atoms with Crippen molar-refractivity contribution >= 4 is 16.8 Å². The number of rotatable bonds is 6. The van der Waals surface area contributed by atoms with Gasteiger partial charge in [0.1, 0.15) is 11.1 Å². The van der Waals surface area contributed by atoms with Crippen molar-refractivity contribution in [2.75, 3.05) is 7.11 Å². The molecule has 0 heterocycles. The number of ether oxygens (including phenoxy) is 1. The number of esters is 1. The minimum atomic E-state index is -1.71. The maximum absolute atomic E-state index is 13.5. The van der Waals surface area contributed by atoms with E-state index >= 15 is 0 Å². The van der Waals surface area contributed by atoms with Gasteiger partial charge in [0.25, 0.3) is 0 Å². The highest BCUT2D eigenvalue weighted by atomic mass is 32.2. The van der Waals surface area contributed by atoms with E-state index in [1.54, 1.807) is 6.07 Å². The maximum Gasteiger partial charge on any atom is 0.321 e. The zero-order valence-electron chi connectivity index (χ0n) is 10.5. The predicted molar refractivity (Wildman–Crippen MR) is 68.1 cm³/mol. The third kappa shape index (κ3) is 3.63. The summed E-state index contributed by atoms with van der Waals surface area (Å²) in [5, 5.41) is -0.799. The third-order valence-electron chi connectivity index (χ3n) is 2.60. The molecule has 18 heavy (non-hydrogen) atoms. The molecule has 0 aliphatic rings. The van der Waals surface area contributed by atoms with Crippen LogP contribution in [0.25, 0.3) is 0 Å². The van der Waals surface area contributed by atoms with Crippen LogP contribution in [0.15, 0.2) is 29.2 Å². The highest BCUT2D eigenvalue weighted by Crippen LogP contribution is 2.19. The van der Waals surface area contributed by atoms with E-state index < -0.39 is 27.8 Å². The topological polar surface area (TPSA) is 43.4 Å². The van der Waals surface area contributed by atoms with Gasteiger partial charge in [-0.2, -0.15) is 0 Å². The lowest BCUT2D eigenvalue weighted by Crippen LogP contribution is -2.27. The van der Waals surface area contributed by atoms with Gasteiger partial charge in [0.2, 0.25) is 0 Å². The summed E-state index contributed by atoms with van der Waals surface area (Å²) in [5.41, 5.74) is 0. The van der Waals surface area contributed by atoms with Crippen LogP contribution in [0.3, 0.4) is 0 Å². The molecule has 0 N–H and O–H groups in total. The first kappa shape index (κ1) is 14.8. The van der Waals surface area contributed by atoms with Crippen molar-refractivity contribution in [3.8, 4) is 0 Å². The van der Waals surface area contributed by atoms with E-state index in [9.17, 15) is 13.4 Å². The Bertz CT molecular complexity index is 434. The molecule has 0 aliphatic heterocycles. The van der Waals surface area contributed by atoms with Crippen LogP contribution in [0.2, 0.25) is 0 Å². The first-order valence-corrected chi connectivity index (χ1v) is 7.06. The minimum absolute atomic E-state index is 0.0593. The van der Waals surface area contributed by atoms with Gasteiger partial charge in [0.05, 0.1) is 22.8 Å². The molecule has 5 heteroatoms. The Balaban J connectivity index is 2.95. The number of unbranched alkanes of at least 4 members (excludes halogenated alkanes) is 1. The van der Waals surface area contributed by atoms with Crippen LogP contribution < -0.4 is 0 Å². The molecular weight excluding hydrogens is 255 g/mol. The van der Waals surface area contributed by atoms with E-state index in [0.717, 1.165) is 12.8 Å². The molecule has 0 saturated carbocycles. The number of carbonyl (C=O) groups excluding carboxylic acids is 1. The fraction of sp³-hybridized carbons (Fsp3) is 0.462. The summed E-state index contributed by atoms with van der Waals surface area (Å²) in [6.45, 7) is 1.97. The van der Waals surface area contributed by atoms with Gasteiger partial charge >= 0.3 is 5.97 Å². The van der Waals surface area contributed by atoms with Gasteiger partial charge in [-0.3, -0.25) is 9.00 Å². The van der Waals surface area contributed by atoms with Crippen molar-refractivity contribution < 1.29 is 18.1 Å². The van der Waals surface area contributed by atoms with Crippen molar-refractivity contribution in [3.63, 3.8) is 0 Å². The van der Waals surface area contributed by atoms with Crippen molar-refractivity contribution in [1.82, 2.24) is 0 Å². The Labute approximate surface area is 109 Å². The van der Waals surface area contributed by atoms with Crippen molar-refractivity contribution in [2.45, 2.75) is 36.3 Å². The summed E-state index contributed by atoms with van der Waals surface area (Å²) in [4.78, 5) is 11.7. The third-order valence-corrected chi connectivity index (χ3v) is 4.31. The van der Waals surface area contributed by atoms with Crippen LogP contribution >= 0.6 is 0 Å². The second-order valence-corrected chi connectivity index (χ2v) is 5.49. The highest BCUT2D eigenvalue weighted by molar-refractivity contribution is 7.86. The van der Waals surface area contributed by atoms with E-state index in [1.165, 1.54) is 25.3 Å². The van der Waals surface area contributed by atoms with Crippen LogP contribution in [-0.2, 0) is 20.3 Å². The molecule has 0 spiro atoms. The number of carbonyl (C=O) groups is 1. The summed E-state index contributed by atoms with van der Waals surface area (Å²) in [6.07, 6.45) is 2.06. The van der Waals surface area contributed by atoms with Crippen LogP contribution in [-0.4, -0.2) is 22.5 Å². The summed E-state index contributed by atoms with van der Waals surface area (Å²) < 4.78 is 30.4. The first-order valence-electron chi connectivity index (χ1n) is 5.84. The van der Waals surface area contributed by atoms with Gasteiger partial charge in [-0.15, -0.1) is 0 Å². The molecule has 0 amide bonds. The molecule has 0 saturated heterocycles. The number of hydrogen-bond donors (Lipinski definition) is 0. The van der Waals surface area contributed by atoms with Crippen LogP contribution in [0, 0.1) is 5.82 Å². The van der Waals surface area contributed by atoms with Gasteiger partial charge in [0.15, 0.2) is 0 Å². The normalized spacial score (nSPS) is 13.9. The van der Waals surface area contributed by atoms with E-state index in [2.05, 4.69) is 4.74 Å². The Morgan fingerprint density at radius 1 is 1.44 bits per heavy atom. The van der Waals surface area contributed by atoms with Gasteiger partial charge in [0, 0.05) is 0 Å². The fourth-order valence-corrected chi connectivity index (χ4v) is 3.03. The van der Waals surface area contributed by atoms with Crippen molar-refractivity contribution in [2.24, 2.45) is 0 Å². The molecule has 0 radical (unpaired) electrons. The number of hydrogen-bond acceptors (Lipinski definition) is 3. The Kier molecular flexibility index (Phi) is 5.98. The average molecular weight is 272 g/mol. The number of methoxy groups -OCH3 is 1. The first-order chi connectivity index (χ1) is 8.61. The lowest BCUT2D eigenvalue weighted by atomic mass is 10.2. The van der Waals surface area contributed by atoms with Crippen molar-refractivity contribution in [1.29, 1.82) is 0 Å². The average Bonchev–Trinajstić information content (AvgIpc) is 2.39. The molecule has 1 aromatic carbocycles. The zero-order chi connectivity index (χ0) is 13.5. The second kappa shape index (κ2) is 7.26.